The van der Waals surface area contributed by atoms with E-state index < -0.39 is 0 Å². The van der Waals surface area contributed by atoms with Gasteiger partial charge in [-0.1, -0.05) is 18.2 Å². The third kappa shape index (κ3) is 3.11. The van der Waals surface area contributed by atoms with Crippen molar-refractivity contribution in [3.05, 3.63) is 72.1 Å². The van der Waals surface area contributed by atoms with E-state index in [-0.39, 0.29) is 0 Å². The van der Waals surface area contributed by atoms with E-state index in [1.54, 1.807) is 6.20 Å². The standard InChI is InChI=1S/C17H17N3S/c1-13-16(18)4-2-5-17(13)21-12-14-6-8-15(9-7-14)20-11-3-10-19-20/h2-11H,12,18H2,1H3. The highest BCUT2D eigenvalue weighted by Gasteiger charge is 2.03. The minimum absolute atomic E-state index is 0.856. The van der Waals surface area contributed by atoms with E-state index in [2.05, 4.69) is 42.4 Å². The second kappa shape index (κ2) is 6.06. The summed E-state index contributed by atoms with van der Waals surface area (Å²) >= 11 is 1.82. The summed E-state index contributed by atoms with van der Waals surface area (Å²) < 4.78 is 1.86. The Bertz CT molecular complexity index is 718. The third-order valence-corrected chi connectivity index (χ3v) is 4.66. The van der Waals surface area contributed by atoms with E-state index >= 15 is 0 Å². The maximum absolute atomic E-state index is 5.94. The molecule has 1 aromatic heterocycles. The molecule has 2 N–H and O–H groups in total. The molecule has 3 rings (SSSR count). The first-order valence-corrected chi connectivity index (χ1v) is 7.79. The van der Waals surface area contributed by atoms with Gasteiger partial charge in [0.15, 0.2) is 0 Å². The minimum atomic E-state index is 0.856. The number of anilines is 1. The number of nitrogen functional groups attached to an aromatic ring is 1. The molecule has 0 aliphatic heterocycles. The highest BCUT2D eigenvalue weighted by molar-refractivity contribution is 7.98. The summed E-state index contributed by atoms with van der Waals surface area (Å²) in [7, 11) is 0. The van der Waals surface area contributed by atoms with Crippen LogP contribution >= 0.6 is 11.8 Å². The fourth-order valence-electron chi connectivity index (χ4n) is 2.12. The topological polar surface area (TPSA) is 43.8 Å². The van der Waals surface area contributed by atoms with Gasteiger partial charge in [-0.05, 0) is 48.4 Å². The van der Waals surface area contributed by atoms with E-state index in [1.165, 1.54) is 10.5 Å². The van der Waals surface area contributed by atoms with Crippen LogP contribution in [0.5, 0.6) is 0 Å². The Hall–Kier alpha value is -2.20. The summed E-state index contributed by atoms with van der Waals surface area (Å²) in [4.78, 5) is 1.24. The highest BCUT2D eigenvalue weighted by Crippen LogP contribution is 2.29. The Morgan fingerprint density at radius 2 is 1.90 bits per heavy atom. The van der Waals surface area contributed by atoms with E-state index in [9.17, 15) is 0 Å². The van der Waals surface area contributed by atoms with Crippen LogP contribution in [0.2, 0.25) is 0 Å². The summed E-state index contributed by atoms with van der Waals surface area (Å²) in [6.45, 7) is 2.07. The normalized spacial score (nSPS) is 10.7. The molecule has 0 bridgehead atoms. The van der Waals surface area contributed by atoms with Gasteiger partial charge in [-0.15, -0.1) is 11.8 Å². The van der Waals surface area contributed by atoms with Gasteiger partial charge in [-0.25, -0.2) is 4.68 Å². The van der Waals surface area contributed by atoms with Crippen LogP contribution in [0.25, 0.3) is 5.69 Å². The molecule has 0 aliphatic rings. The predicted molar refractivity (Wildman–Crippen MR) is 88.7 cm³/mol. The zero-order valence-electron chi connectivity index (χ0n) is 11.9. The summed E-state index contributed by atoms with van der Waals surface area (Å²) in [5, 5.41) is 4.23. The van der Waals surface area contributed by atoms with Crippen LogP contribution in [-0.4, -0.2) is 9.78 Å². The molecule has 4 heteroatoms. The molecular weight excluding hydrogens is 278 g/mol. The summed E-state index contributed by atoms with van der Waals surface area (Å²) in [6, 6.07) is 16.5. The number of nitrogens with two attached hydrogens (primary N) is 1. The predicted octanol–water partition coefficient (Wildman–Crippen LogP) is 4.06. The van der Waals surface area contributed by atoms with Gasteiger partial charge in [0.1, 0.15) is 0 Å². The lowest BCUT2D eigenvalue weighted by molar-refractivity contribution is 0.880. The van der Waals surface area contributed by atoms with Crippen molar-refractivity contribution in [2.75, 3.05) is 5.73 Å². The van der Waals surface area contributed by atoms with Crippen molar-refractivity contribution in [1.29, 1.82) is 0 Å². The summed E-state index contributed by atoms with van der Waals surface area (Å²) in [5.41, 5.74) is 10.3. The van der Waals surface area contributed by atoms with Crippen LogP contribution < -0.4 is 5.73 Å². The first-order chi connectivity index (χ1) is 10.2. The van der Waals surface area contributed by atoms with Crippen molar-refractivity contribution in [1.82, 2.24) is 9.78 Å². The van der Waals surface area contributed by atoms with Gasteiger partial charge in [0.25, 0.3) is 0 Å². The Kier molecular flexibility index (Phi) is 3.97. The molecule has 2 aromatic carbocycles. The number of rotatable bonds is 4. The maximum Gasteiger partial charge on any atom is 0.0645 e. The molecule has 3 nitrogen and oxygen atoms in total. The molecule has 0 aliphatic carbocycles. The minimum Gasteiger partial charge on any atom is -0.398 e. The lowest BCUT2D eigenvalue weighted by Crippen LogP contribution is -1.94. The van der Waals surface area contributed by atoms with Crippen molar-refractivity contribution < 1.29 is 0 Å². The SMILES string of the molecule is Cc1c(N)cccc1SCc1ccc(-n2cccn2)cc1. The fourth-order valence-corrected chi connectivity index (χ4v) is 3.14. The van der Waals surface area contributed by atoms with Crippen molar-refractivity contribution >= 4 is 17.4 Å². The molecule has 21 heavy (non-hydrogen) atoms. The van der Waals surface area contributed by atoms with Crippen LogP contribution in [-0.2, 0) is 5.75 Å². The summed E-state index contributed by atoms with van der Waals surface area (Å²) in [5.74, 6) is 0.934. The van der Waals surface area contributed by atoms with Crippen LogP contribution in [0.1, 0.15) is 11.1 Å². The Morgan fingerprint density at radius 3 is 2.62 bits per heavy atom. The number of benzene rings is 2. The Labute approximate surface area is 128 Å². The van der Waals surface area contributed by atoms with Gasteiger partial charge >= 0.3 is 0 Å². The molecule has 0 fully saturated rings. The molecule has 0 amide bonds. The number of thioether (sulfide) groups is 1. The number of hydrogen-bond acceptors (Lipinski definition) is 3. The maximum atomic E-state index is 5.94. The molecule has 0 atom stereocenters. The second-order valence-electron chi connectivity index (χ2n) is 4.88. The Balaban J connectivity index is 1.70. The number of aromatic nitrogens is 2. The van der Waals surface area contributed by atoms with Gasteiger partial charge in [-0.3, -0.25) is 0 Å². The number of nitrogens with zero attached hydrogens (tertiary/aromatic N) is 2. The summed E-state index contributed by atoms with van der Waals surface area (Å²) in [6.07, 6.45) is 3.73. The zero-order valence-corrected chi connectivity index (χ0v) is 12.7. The van der Waals surface area contributed by atoms with Crippen molar-refractivity contribution in [2.24, 2.45) is 0 Å². The van der Waals surface area contributed by atoms with Crippen LogP contribution in [0.4, 0.5) is 5.69 Å². The molecule has 1 heterocycles. The van der Waals surface area contributed by atoms with E-state index in [1.807, 2.05) is 40.8 Å². The van der Waals surface area contributed by atoms with E-state index in [0.29, 0.717) is 0 Å². The van der Waals surface area contributed by atoms with Gasteiger partial charge in [0, 0.05) is 28.7 Å². The first kappa shape index (κ1) is 13.8. The highest BCUT2D eigenvalue weighted by atomic mass is 32.2. The molecule has 3 aromatic rings. The molecule has 0 saturated heterocycles. The smallest absolute Gasteiger partial charge is 0.0645 e. The van der Waals surface area contributed by atoms with Crippen molar-refractivity contribution in [3.8, 4) is 5.69 Å². The van der Waals surface area contributed by atoms with Crippen LogP contribution in [0, 0.1) is 6.92 Å². The van der Waals surface area contributed by atoms with Gasteiger partial charge < -0.3 is 5.73 Å². The first-order valence-electron chi connectivity index (χ1n) is 6.81. The van der Waals surface area contributed by atoms with E-state index in [4.69, 9.17) is 5.73 Å². The van der Waals surface area contributed by atoms with Crippen molar-refractivity contribution in [2.45, 2.75) is 17.6 Å². The fraction of sp³-hybridized carbons (Fsp3) is 0.118. The molecule has 0 unspecified atom stereocenters. The van der Waals surface area contributed by atoms with Gasteiger partial charge in [-0.2, -0.15) is 5.10 Å². The lowest BCUT2D eigenvalue weighted by Gasteiger charge is -2.08. The van der Waals surface area contributed by atoms with Gasteiger partial charge in [0.05, 0.1) is 5.69 Å². The Morgan fingerprint density at radius 1 is 1.10 bits per heavy atom. The number of hydrogen-bond donors (Lipinski definition) is 1. The van der Waals surface area contributed by atoms with Crippen molar-refractivity contribution in [3.63, 3.8) is 0 Å². The molecule has 106 valence electrons. The molecule has 0 spiro atoms. The van der Waals surface area contributed by atoms with E-state index in [0.717, 1.165) is 22.7 Å². The second-order valence-corrected chi connectivity index (χ2v) is 5.89. The average Bonchev–Trinajstić information content (AvgIpc) is 3.04. The zero-order chi connectivity index (χ0) is 14.7. The van der Waals surface area contributed by atoms with Crippen LogP contribution in [0.3, 0.4) is 0 Å². The van der Waals surface area contributed by atoms with Crippen LogP contribution in [0.15, 0.2) is 65.8 Å². The quantitative estimate of drug-likeness (QED) is 0.583. The molecule has 0 saturated carbocycles. The molecule has 0 radical (unpaired) electrons. The lowest BCUT2D eigenvalue weighted by atomic mass is 10.2. The largest absolute Gasteiger partial charge is 0.398 e. The monoisotopic (exact) mass is 295 g/mol. The average molecular weight is 295 g/mol. The third-order valence-electron chi connectivity index (χ3n) is 3.43. The van der Waals surface area contributed by atoms with Gasteiger partial charge in [0.2, 0.25) is 0 Å². The molecular formula is C17H17N3S.